The van der Waals surface area contributed by atoms with E-state index in [0.29, 0.717) is 5.13 Å². The van der Waals surface area contributed by atoms with Gasteiger partial charge in [-0.05, 0) is 25.7 Å². The first-order valence-corrected chi connectivity index (χ1v) is 11.7. The summed E-state index contributed by atoms with van der Waals surface area (Å²) in [4.78, 5) is 25.7. The summed E-state index contributed by atoms with van der Waals surface area (Å²) in [5, 5.41) is 15.4. The minimum atomic E-state index is -0.593. The van der Waals surface area contributed by atoms with Crippen LogP contribution in [0, 0.1) is 18.8 Å². The zero-order chi connectivity index (χ0) is 22.1. The molecule has 6 nitrogen and oxygen atoms in total. The van der Waals surface area contributed by atoms with Gasteiger partial charge in [-0.2, -0.15) is 0 Å². The molecule has 0 radical (unpaired) electrons. The highest BCUT2D eigenvalue weighted by Gasteiger charge is 2.29. The topological polar surface area (TPSA) is 84.0 Å². The monoisotopic (exact) mass is 430 g/mol. The van der Waals surface area contributed by atoms with Crippen molar-refractivity contribution in [3.8, 4) is 10.6 Å². The SMILES string of the molecule is CCCCC(CC)C(=O)NC(C(=O)Nc1nnc(-c2ccc(C)cc2)s1)C(C)CC. The van der Waals surface area contributed by atoms with E-state index >= 15 is 0 Å². The van der Waals surface area contributed by atoms with Gasteiger partial charge in [-0.1, -0.05) is 88.1 Å². The van der Waals surface area contributed by atoms with Gasteiger partial charge < -0.3 is 5.32 Å². The van der Waals surface area contributed by atoms with Crippen LogP contribution in [-0.2, 0) is 9.59 Å². The number of nitrogens with zero attached hydrogens (tertiary/aromatic N) is 2. The van der Waals surface area contributed by atoms with Crippen LogP contribution < -0.4 is 10.6 Å². The van der Waals surface area contributed by atoms with Crippen molar-refractivity contribution in [1.82, 2.24) is 15.5 Å². The summed E-state index contributed by atoms with van der Waals surface area (Å²) >= 11 is 1.33. The first kappa shape index (κ1) is 24.0. The summed E-state index contributed by atoms with van der Waals surface area (Å²) in [6.45, 7) is 10.2. The number of carbonyl (C=O) groups excluding carboxylic acids is 2. The molecule has 30 heavy (non-hydrogen) atoms. The molecule has 0 spiro atoms. The third-order valence-electron chi connectivity index (χ3n) is 5.52. The highest BCUT2D eigenvalue weighted by Crippen LogP contribution is 2.27. The van der Waals surface area contributed by atoms with Crippen LogP contribution in [0.4, 0.5) is 5.13 Å². The molecule has 2 amide bonds. The molecule has 3 atom stereocenters. The number of anilines is 1. The fourth-order valence-corrected chi connectivity index (χ4v) is 3.97. The van der Waals surface area contributed by atoms with Gasteiger partial charge in [-0.15, -0.1) is 10.2 Å². The minimum absolute atomic E-state index is 0.0159. The van der Waals surface area contributed by atoms with Crippen molar-refractivity contribution in [3.63, 3.8) is 0 Å². The third-order valence-corrected chi connectivity index (χ3v) is 6.40. The van der Waals surface area contributed by atoms with Crippen LogP contribution in [0.2, 0.25) is 0 Å². The molecule has 0 aliphatic rings. The standard InChI is InChI=1S/C23H34N4O2S/c1-6-9-10-17(8-3)20(28)24-19(16(5)7-2)21(29)25-23-27-26-22(30-23)18-13-11-15(4)12-14-18/h11-14,16-17,19H,6-10H2,1-5H3,(H,24,28)(H,25,27,29). The zero-order valence-corrected chi connectivity index (χ0v) is 19.5. The predicted molar refractivity (Wildman–Crippen MR) is 123 cm³/mol. The van der Waals surface area contributed by atoms with Gasteiger partial charge >= 0.3 is 0 Å². The number of hydrogen-bond donors (Lipinski definition) is 2. The molecule has 3 unspecified atom stereocenters. The van der Waals surface area contributed by atoms with Crippen molar-refractivity contribution < 1.29 is 9.59 Å². The van der Waals surface area contributed by atoms with Gasteiger partial charge in [0, 0.05) is 11.5 Å². The van der Waals surface area contributed by atoms with Crippen molar-refractivity contribution >= 4 is 28.3 Å². The largest absolute Gasteiger partial charge is 0.344 e. The minimum Gasteiger partial charge on any atom is -0.344 e. The van der Waals surface area contributed by atoms with Gasteiger partial charge in [0.1, 0.15) is 11.0 Å². The fourth-order valence-electron chi connectivity index (χ4n) is 3.21. The Morgan fingerprint density at radius 1 is 1.03 bits per heavy atom. The lowest BCUT2D eigenvalue weighted by molar-refractivity contribution is -0.130. The molecule has 1 aromatic heterocycles. The maximum Gasteiger partial charge on any atom is 0.249 e. The van der Waals surface area contributed by atoms with E-state index < -0.39 is 6.04 Å². The third kappa shape index (κ3) is 6.62. The molecule has 7 heteroatoms. The van der Waals surface area contributed by atoms with Crippen LogP contribution >= 0.6 is 11.3 Å². The highest BCUT2D eigenvalue weighted by atomic mass is 32.1. The molecule has 164 valence electrons. The second-order valence-electron chi connectivity index (χ2n) is 7.89. The number of nitrogens with one attached hydrogen (secondary N) is 2. The highest BCUT2D eigenvalue weighted by molar-refractivity contribution is 7.18. The Hall–Kier alpha value is -2.28. The summed E-state index contributed by atoms with van der Waals surface area (Å²) in [5.41, 5.74) is 2.14. The van der Waals surface area contributed by atoms with Gasteiger partial charge in [0.05, 0.1) is 0 Å². The maximum absolute atomic E-state index is 13.0. The van der Waals surface area contributed by atoms with Crippen molar-refractivity contribution in [2.45, 2.75) is 72.8 Å². The van der Waals surface area contributed by atoms with Crippen LogP contribution in [0.15, 0.2) is 24.3 Å². The van der Waals surface area contributed by atoms with Crippen LogP contribution in [0.1, 0.15) is 65.4 Å². The first-order valence-electron chi connectivity index (χ1n) is 10.9. The molecule has 2 N–H and O–H groups in total. The van der Waals surface area contributed by atoms with Crippen molar-refractivity contribution in [2.75, 3.05) is 5.32 Å². The normalized spacial score (nSPS) is 14.0. The Bertz CT molecular complexity index is 819. The van der Waals surface area contributed by atoms with Gasteiger partial charge in [0.2, 0.25) is 16.9 Å². The summed E-state index contributed by atoms with van der Waals surface area (Å²) in [6.07, 6.45) is 4.48. The molecule has 2 aromatic rings. The Labute approximate surface area is 183 Å². The lowest BCUT2D eigenvalue weighted by Gasteiger charge is -2.25. The average Bonchev–Trinajstić information content (AvgIpc) is 3.20. The van der Waals surface area contributed by atoms with E-state index in [1.54, 1.807) is 0 Å². The molecular weight excluding hydrogens is 396 g/mol. The molecule has 0 aliphatic heterocycles. The zero-order valence-electron chi connectivity index (χ0n) is 18.7. The number of aromatic nitrogens is 2. The molecule has 0 fully saturated rings. The quantitative estimate of drug-likeness (QED) is 0.513. The van der Waals surface area contributed by atoms with Gasteiger partial charge in [0.25, 0.3) is 0 Å². The van der Waals surface area contributed by atoms with Crippen LogP contribution in [0.3, 0.4) is 0 Å². The van der Waals surface area contributed by atoms with E-state index in [1.165, 1.54) is 16.9 Å². The molecule has 1 heterocycles. The molecule has 1 aromatic carbocycles. The Morgan fingerprint density at radius 2 is 1.73 bits per heavy atom. The first-order chi connectivity index (χ1) is 14.4. The van der Waals surface area contributed by atoms with E-state index in [9.17, 15) is 9.59 Å². The van der Waals surface area contributed by atoms with Crippen molar-refractivity contribution in [2.24, 2.45) is 11.8 Å². The number of aryl methyl sites for hydroxylation is 1. The van der Waals surface area contributed by atoms with Crippen molar-refractivity contribution in [3.05, 3.63) is 29.8 Å². The molecule has 0 bridgehead atoms. The summed E-state index contributed by atoms with van der Waals surface area (Å²) < 4.78 is 0. The molecule has 0 aliphatic carbocycles. The van der Waals surface area contributed by atoms with E-state index in [0.717, 1.165) is 42.7 Å². The van der Waals surface area contributed by atoms with Crippen LogP contribution in [0.25, 0.3) is 10.6 Å². The molecule has 0 saturated heterocycles. The second-order valence-corrected chi connectivity index (χ2v) is 8.86. The number of rotatable bonds is 11. The van der Waals surface area contributed by atoms with E-state index in [-0.39, 0.29) is 23.7 Å². The molecule has 2 rings (SSSR count). The number of hydrogen-bond acceptors (Lipinski definition) is 5. The summed E-state index contributed by atoms with van der Waals surface area (Å²) in [5.74, 6) is -0.320. The number of amides is 2. The average molecular weight is 431 g/mol. The van der Waals surface area contributed by atoms with E-state index in [4.69, 9.17) is 0 Å². The molecular formula is C23H34N4O2S. The smallest absolute Gasteiger partial charge is 0.249 e. The lowest BCUT2D eigenvalue weighted by Crippen LogP contribution is -2.49. The van der Waals surface area contributed by atoms with Crippen LogP contribution in [0.5, 0.6) is 0 Å². The van der Waals surface area contributed by atoms with E-state index in [1.807, 2.05) is 52.0 Å². The Morgan fingerprint density at radius 3 is 2.33 bits per heavy atom. The lowest BCUT2D eigenvalue weighted by atomic mass is 9.94. The second kappa shape index (κ2) is 11.8. The predicted octanol–water partition coefficient (Wildman–Crippen LogP) is 5.20. The van der Waals surface area contributed by atoms with Gasteiger partial charge in [-0.3, -0.25) is 14.9 Å². The number of carbonyl (C=O) groups is 2. The summed E-state index contributed by atoms with van der Waals surface area (Å²) in [6, 6.07) is 7.43. The maximum atomic E-state index is 13.0. The fraction of sp³-hybridized carbons (Fsp3) is 0.565. The van der Waals surface area contributed by atoms with E-state index in [2.05, 4.69) is 27.8 Å². The number of benzene rings is 1. The summed E-state index contributed by atoms with van der Waals surface area (Å²) in [7, 11) is 0. The number of unbranched alkanes of at least 4 members (excludes halogenated alkanes) is 1. The van der Waals surface area contributed by atoms with Gasteiger partial charge in [0.15, 0.2) is 0 Å². The van der Waals surface area contributed by atoms with Gasteiger partial charge in [-0.25, -0.2) is 0 Å². The molecule has 0 saturated carbocycles. The Kier molecular flexibility index (Phi) is 9.43. The Balaban J connectivity index is 2.08. The van der Waals surface area contributed by atoms with Crippen molar-refractivity contribution in [1.29, 1.82) is 0 Å². The van der Waals surface area contributed by atoms with Crippen LogP contribution in [-0.4, -0.2) is 28.1 Å².